The highest BCUT2D eigenvalue weighted by molar-refractivity contribution is 7.92. The van der Waals surface area contributed by atoms with Gasteiger partial charge in [-0.3, -0.25) is 4.72 Å². The lowest BCUT2D eigenvalue weighted by molar-refractivity contribution is 0.599. The first-order chi connectivity index (χ1) is 10.7. The van der Waals surface area contributed by atoms with Crippen molar-refractivity contribution in [1.29, 1.82) is 5.26 Å². The van der Waals surface area contributed by atoms with Gasteiger partial charge in [0, 0.05) is 0 Å². The van der Waals surface area contributed by atoms with Crippen molar-refractivity contribution in [3.63, 3.8) is 0 Å². The molecule has 0 aromatic heterocycles. The maximum Gasteiger partial charge on any atom is 0.262 e. The zero-order valence-electron chi connectivity index (χ0n) is 14.0. The van der Waals surface area contributed by atoms with E-state index < -0.39 is 10.0 Å². The number of hydrogen-bond acceptors (Lipinski definition) is 3. The number of nitriles is 1. The van der Waals surface area contributed by atoms with Crippen LogP contribution in [0.25, 0.3) is 0 Å². The largest absolute Gasteiger partial charge is 0.280 e. The lowest BCUT2D eigenvalue weighted by Crippen LogP contribution is -2.17. The third-order valence-corrected chi connectivity index (χ3v) is 6.10. The van der Waals surface area contributed by atoms with Crippen LogP contribution in [0.5, 0.6) is 0 Å². The van der Waals surface area contributed by atoms with Gasteiger partial charge in [0.1, 0.15) is 0 Å². The minimum Gasteiger partial charge on any atom is -0.280 e. The number of nitrogens with one attached hydrogen (secondary N) is 1. The zero-order chi connectivity index (χ0) is 17.4. The average molecular weight is 328 g/mol. The monoisotopic (exact) mass is 328 g/mol. The standard InChI is InChI=1S/C18H20N2O2S/c1-11-12(2)14(4)18(15(5)13(11)3)23(21,22)20-17-8-6-7-16(9-17)10-19/h6-9,20H,1-5H3. The van der Waals surface area contributed by atoms with Crippen LogP contribution in [0, 0.1) is 45.9 Å². The van der Waals surface area contributed by atoms with Crippen molar-refractivity contribution in [2.24, 2.45) is 0 Å². The topological polar surface area (TPSA) is 70.0 Å². The van der Waals surface area contributed by atoms with E-state index in [1.165, 1.54) is 6.07 Å². The van der Waals surface area contributed by atoms with Crippen LogP contribution in [-0.4, -0.2) is 8.42 Å². The Morgan fingerprint density at radius 1 is 0.913 bits per heavy atom. The van der Waals surface area contributed by atoms with Crippen molar-refractivity contribution in [2.75, 3.05) is 4.72 Å². The molecule has 0 bridgehead atoms. The highest BCUT2D eigenvalue weighted by Gasteiger charge is 2.23. The quantitative estimate of drug-likeness (QED) is 0.929. The molecule has 120 valence electrons. The van der Waals surface area contributed by atoms with Gasteiger partial charge in [0.05, 0.1) is 22.2 Å². The van der Waals surface area contributed by atoms with Gasteiger partial charge in [-0.15, -0.1) is 0 Å². The summed E-state index contributed by atoms with van der Waals surface area (Å²) < 4.78 is 28.3. The van der Waals surface area contributed by atoms with Crippen molar-refractivity contribution in [3.8, 4) is 6.07 Å². The van der Waals surface area contributed by atoms with E-state index in [0.29, 0.717) is 16.1 Å². The van der Waals surface area contributed by atoms with E-state index in [-0.39, 0.29) is 0 Å². The summed E-state index contributed by atoms with van der Waals surface area (Å²) in [4.78, 5) is 0.320. The van der Waals surface area contributed by atoms with Gasteiger partial charge < -0.3 is 0 Å². The molecular formula is C18H20N2O2S. The van der Waals surface area contributed by atoms with Gasteiger partial charge in [0.15, 0.2) is 0 Å². The van der Waals surface area contributed by atoms with Crippen molar-refractivity contribution >= 4 is 15.7 Å². The predicted octanol–water partition coefficient (Wildman–Crippen LogP) is 3.90. The van der Waals surface area contributed by atoms with E-state index in [1.54, 1.807) is 18.2 Å². The van der Waals surface area contributed by atoms with Crippen LogP contribution in [0.4, 0.5) is 5.69 Å². The van der Waals surface area contributed by atoms with Crippen LogP contribution < -0.4 is 4.72 Å². The molecule has 0 aliphatic rings. The minimum atomic E-state index is -3.72. The number of nitrogens with zero attached hydrogens (tertiary/aromatic N) is 1. The number of rotatable bonds is 3. The molecule has 5 heteroatoms. The third-order valence-electron chi connectivity index (χ3n) is 4.44. The Hall–Kier alpha value is -2.32. The van der Waals surface area contributed by atoms with Gasteiger partial charge in [0.2, 0.25) is 0 Å². The molecule has 1 N–H and O–H groups in total. The summed E-state index contributed by atoms with van der Waals surface area (Å²) in [7, 11) is -3.72. The molecule has 0 saturated heterocycles. The molecule has 0 heterocycles. The summed E-state index contributed by atoms with van der Waals surface area (Å²) in [5.41, 5.74) is 5.40. The van der Waals surface area contributed by atoms with E-state index in [4.69, 9.17) is 5.26 Å². The lowest BCUT2D eigenvalue weighted by atomic mass is 9.95. The molecule has 2 aromatic carbocycles. The Labute approximate surface area is 137 Å². The summed E-state index contributed by atoms with van der Waals surface area (Å²) >= 11 is 0. The van der Waals surface area contributed by atoms with Gasteiger partial charge in [-0.1, -0.05) is 6.07 Å². The molecule has 0 fully saturated rings. The fourth-order valence-corrected chi connectivity index (χ4v) is 4.38. The van der Waals surface area contributed by atoms with Gasteiger partial charge in [0.25, 0.3) is 10.0 Å². The van der Waals surface area contributed by atoms with Gasteiger partial charge in [-0.05, 0) is 80.6 Å². The van der Waals surface area contributed by atoms with Crippen LogP contribution in [0.1, 0.15) is 33.4 Å². The van der Waals surface area contributed by atoms with Crippen LogP contribution in [0.3, 0.4) is 0 Å². The van der Waals surface area contributed by atoms with Crippen molar-refractivity contribution < 1.29 is 8.42 Å². The second kappa shape index (κ2) is 6.05. The molecule has 2 aromatic rings. The lowest BCUT2D eigenvalue weighted by Gasteiger charge is -2.19. The SMILES string of the molecule is Cc1c(C)c(C)c(S(=O)(=O)Nc2cccc(C#N)c2)c(C)c1C. The molecular weight excluding hydrogens is 308 g/mol. The van der Waals surface area contributed by atoms with E-state index >= 15 is 0 Å². The highest BCUT2D eigenvalue weighted by Crippen LogP contribution is 2.30. The Morgan fingerprint density at radius 2 is 1.43 bits per heavy atom. The molecule has 0 atom stereocenters. The van der Waals surface area contributed by atoms with E-state index in [0.717, 1.165) is 27.8 Å². The van der Waals surface area contributed by atoms with Crippen LogP contribution in [0.15, 0.2) is 29.2 Å². The maximum atomic E-state index is 12.9. The molecule has 0 unspecified atom stereocenters. The number of sulfonamides is 1. The number of anilines is 1. The molecule has 0 aliphatic carbocycles. The molecule has 0 amide bonds. The van der Waals surface area contributed by atoms with Crippen molar-refractivity contribution in [1.82, 2.24) is 0 Å². The Bertz CT molecular complexity index is 894. The van der Waals surface area contributed by atoms with E-state index in [9.17, 15) is 8.42 Å². The van der Waals surface area contributed by atoms with E-state index in [2.05, 4.69) is 4.72 Å². The molecule has 23 heavy (non-hydrogen) atoms. The van der Waals surface area contributed by atoms with Crippen LogP contribution >= 0.6 is 0 Å². The Kier molecular flexibility index (Phi) is 4.49. The first-order valence-corrected chi connectivity index (χ1v) is 8.77. The first-order valence-electron chi connectivity index (χ1n) is 7.29. The summed E-state index contributed by atoms with van der Waals surface area (Å²) in [6.07, 6.45) is 0. The molecule has 0 radical (unpaired) electrons. The van der Waals surface area contributed by atoms with E-state index in [1.807, 2.05) is 40.7 Å². The van der Waals surface area contributed by atoms with Crippen molar-refractivity contribution in [2.45, 2.75) is 39.5 Å². The smallest absolute Gasteiger partial charge is 0.262 e. The molecule has 2 rings (SSSR count). The van der Waals surface area contributed by atoms with Crippen LogP contribution in [0.2, 0.25) is 0 Å². The van der Waals surface area contributed by atoms with Crippen LogP contribution in [-0.2, 0) is 10.0 Å². The van der Waals surface area contributed by atoms with Crippen molar-refractivity contribution in [3.05, 3.63) is 57.6 Å². The van der Waals surface area contributed by atoms with Gasteiger partial charge in [-0.25, -0.2) is 8.42 Å². The van der Waals surface area contributed by atoms with Gasteiger partial charge >= 0.3 is 0 Å². The summed E-state index contributed by atoms with van der Waals surface area (Å²) in [6, 6.07) is 8.45. The summed E-state index contributed by atoms with van der Waals surface area (Å²) in [5.74, 6) is 0. The minimum absolute atomic E-state index is 0.320. The fraction of sp³-hybridized carbons (Fsp3) is 0.278. The zero-order valence-corrected chi connectivity index (χ0v) is 14.8. The highest BCUT2D eigenvalue weighted by atomic mass is 32.2. The first kappa shape index (κ1) is 17.0. The predicted molar refractivity (Wildman–Crippen MR) is 92.1 cm³/mol. The number of benzene rings is 2. The second-order valence-electron chi connectivity index (χ2n) is 5.75. The molecule has 4 nitrogen and oxygen atoms in total. The molecule has 0 spiro atoms. The summed E-state index contributed by atoms with van der Waals surface area (Å²) in [5, 5.41) is 8.94. The number of hydrogen-bond donors (Lipinski definition) is 1. The summed E-state index contributed by atoms with van der Waals surface area (Å²) in [6.45, 7) is 9.54. The molecule has 0 saturated carbocycles. The maximum absolute atomic E-state index is 12.9. The fourth-order valence-electron chi connectivity index (χ4n) is 2.73. The average Bonchev–Trinajstić information content (AvgIpc) is 2.50. The Morgan fingerprint density at radius 3 is 1.96 bits per heavy atom. The molecule has 0 aliphatic heterocycles. The Balaban J connectivity index is 2.59. The normalized spacial score (nSPS) is 11.1. The third kappa shape index (κ3) is 3.08. The second-order valence-corrected chi connectivity index (χ2v) is 7.37. The van der Waals surface area contributed by atoms with Gasteiger partial charge in [-0.2, -0.15) is 5.26 Å².